The average molecular weight is 578 g/mol. The maximum atomic E-state index is 13.2. The normalized spacial score (nSPS) is 14.3. The lowest BCUT2D eigenvalue weighted by atomic mass is 9.79. The van der Waals surface area contributed by atoms with Crippen LogP contribution in [0, 0.1) is 0 Å². The zero-order valence-corrected chi connectivity index (χ0v) is 22.3. The fraction of sp³-hybridized carbons (Fsp3) is 0.423. The van der Waals surface area contributed by atoms with Crippen molar-refractivity contribution < 1.29 is 37.2 Å². The van der Waals surface area contributed by atoms with Gasteiger partial charge in [-0.15, -0.1) is 0 Å². The van der Waals surface area contributed by atoms with Crippen LogP contribution in [0.5, 0.6) is 0 Å². The smallest absolute Gasteiger partial charge is 0.423 e. The van der Waals surface area contributed by atoms with Crippen LogP contribution in [0.3, 0.4) is 0 Å². The number of anilines is 1. The molecular weight excluding hydrogens is 544 g/mol. The zero-order chi connectivity index (χ0) is 30.2. The molecule has 0 aliphatic carbocycles. The Kier molecular flexibility index (Phi) is 11.3. The number of nitrogens with one attached hydrogen (secondary N) is 2. The number of fused-ring (bicyclic) bond motifs is 1. The van der Waals surface area contributed by atoms with E-state index in [1.807, 2.05) is 0 Å². The van der Waals surface area contributed by atoms with E-state index in [0.717, 1.165) is 17.7 Å². The molecule has 0 fully saturated rings. The summed E-state index contributed by atoms with van der Waals surface area (Å²) in [5.74, 6) is -1.80. The summed E-state index contributed by atoms with van der Waals surface area (Å²) in [6.45, 7) is 1.10. The Labute approximate surface area is 235 Å². The Morgan fingerprint density at radius 2 is 1.71 bits per heavy atom. The number of hydrogen-bond donors (Lipinski definition) is 6. The number of carbonyl (C=O) groups is 3. The molecule has 0 saturated heterocycles. The van der Waals surface area contributed by atoms with E-state index < -0.39 is 48.7 Å². The summed E-state index contributed by atoms with van der Waals surface area (Å²) in [4.78, 5) is 40.2. The predicted octanol–water partition coefficient (Wildman–Crippen LogP) is -0.557. The molecule has 0 spiro atoms. The van der Waals surface area contributed by atoms with Crippen LogP contribution < -0.4 is 33.3 Å². The van der Waals surface area contributed by atoms with E-state index in [0.29, 0.717) is 16.7 Å². The molecule has 0 bridgehead atoms. The first kappa shape index (κ1) is 32.0. The first-order chi connectivity index (χ1) is 19.4. The number of rotatable bonds is 13. The second-order valence-electron chi connectivity index (χ2n) is 9.63. The van der Waals surface area contributed by atoms with E-state index in [4.69, 9.17) is 21.9 Å². The van der Waals surface area contributed by atoms with Crippen LogP contribution in [0.2, 0.25) is 0 Å². The van der Waals surface area contributed by atoms with Gasteiger partial charge >= 0.3 is 13.3 Å². The topological polar surface area (TPSA) is 186 Å². The Hall–Kier alpha value is -3.50. The summed E-state index contributed by atoms with van der Waals surface area (Å²) >= 11 is 0. The van der Waals surface area contributed by atoms with Gasteiger partial charge in [-0.2, -0.15) is 13.2 Å². The van der Waals surface area contributed by atoms with Crippen molar-refractivity contribution in [3.63, 3.8) is 0 Å². The highest BCUT2D eigenvalue weighted by Gasteiger charge is 2.31. The molecule has 1 aliphatic rings. The summed E-state index contributed by atoms with van der Waals surface area (Å²) in [7, 11) is -1.13. The Morgan fingerprint density at radius 3 is 2.32 bits per heavy atom. The molecule has 0 radical (unpaired) electrons. The van der Waals surface area contributed by atoms with Crippen LogP contribution >= 0.6 is 0 Å². The Bertz CT molecular complexity index is 1210. The van der Waals surface area contributed by atoms with Crippen molar-refractivity contribution in [2.45, 2.75) is 44.1 Å². The van der Waals surface area contributed by atoms with Gasteiger partial charge in [0.15, 0.2) is 0 Å². The number of amides is 3. The molecule has 222 valence electrons. The van der Waals surface area contributed by atoms with Gasteiger partial charge in [0.2, 0.25) is 17.7 Å². The van der Waals surface area contributed by atoms with E-state index in [1.165, 1.54) is 17.0 Å². The van der Waals surface area contributed by atoms with Crippen LogP contribution in [0.4, 0.5) is 18.9 Å². The van der Waals surface area contributed by atoms with Crippen LogP contribution in [0.15, 0.2) is 42.5 Å². The van der Waals surface area contributed by atoms with Crippen molar-refractivity contribution >= 4 is 36.0 Å². The molecule has 2 unspecified atom stereocenters. The van der Waals surface area contributed by atoms with Gasteiger partial charge in [0.25, 0.3) is 0 Å². The molecule has 3 rings (SSSR count). The summed E-state index contributed by atoms with van der Waals surface area (Å²) in [5, 5.41) is 15.2. The zero-order valence-electron chi connectivity index (χ0n) is 22.3. The van der Waals surface area contributed by atoms with Gasteiger partial charge in [-0.1, -0.05) is 18.2 Å². The second-order valence-corrected chi connectivity index (χ2v) is 9.63. The minimum Gasteiger partial charge on any atom is -0.423 e. The minimum atomic E-state index is -4.49. The number of halogens is 3. The third-order valence-corrected chi connectivity index (χ3v) is 6.59. The van der Waals surface area contributed by atoms with Crippen molar-refractivity contribution in [3.8, 4) is 0 Å². The summed E-state index contributed by atoms with van der Waals surface area (Å²) < 4.78 is 43.9. The lowest BCUT2D eigenvalue weighted by Gasteiger charge is -2.24. The molecule has 15 heteroatoms. The average Bonchev–Trinajstić information content (AvgIpc) is 3.30. The maximum absolute atomic E-state index is 13.2. The standard InChI is InChI=1S/C26H34BF3N6O5/c28-26(29,30)18-5-1-16(2-6-18)3-8-22(25(39)34-19-7-4-17-15-41-27(40)20(17)13-19)35-24(38)21(33)14-23(37)36(11-9-31)12-10-32/h1-2,4-7,13,21-22,40H,3,8-12,14-15,31-33H2,(H,34,39)(H,35,38). The molecule has 2 aromatic carbocycles. The van der Waals surface area contributed by atoms with Gasteiger partial charge in [-0.25, -0.2) is 0 Å². The molecule has 0 saturated carbocycles. The van der Waals surface area contributed by atoms with Crippen LogP contribution in [0.25, 0.3) is 0 Å². The van der Waals surface area contributed by atoms with Crippen molar-refractivity contribution in [1.29, 1.82) is 0 Å². The quantitative estimate of drug-likeness (QED) is 0.171. The van der Waals surface area contributed by atoms with Gasteiger partial charge < -0.3 is 42.4 Å². The fourth-order valence-electron chi connectivity index (χ4n) is 4.32. The van der Waals surface area contributed by atoms with E-state index >= 15 is 0 Å². The Morgan fingerprint density at radius 1 is 1.05 bits per heavy atom. The first-order valence-electron chi connectivity index (χ1n) is 13.1. The van der Waals surface area contributed by atoms with Crippen molar-refractivity contribution in [3.05, 3.63) is 59.2 Å². The van der Waals surface area contributed by atoms with E-state index in [-0.39, 0.29) is 52.0 Å². The molecule has 0 aromatic heterocycles. The molecule has 11 nitrogen and oxygen atoms in total. The molecule has 1 heterocycles. The van der Waals surface area contributed by atoms with Crippen LogP contribution in [0.1, 0.15) is 29.5 Å². The minimum absolute atomic E-state index is 0.0206. The molecule has 9 N–H and O–H groups in total. The van der Waals surface area contributed by atoms with Crippen molar-refractivity contribution in [1.82, 2.24) is 10.2 Å². The highest BCUT2D eigenvalue weighted by molar-refractivity contribution is 6.61. The SMILES string of the molecule is NCCN(CCN)C(=O)CC(N)C(=O)NC(CCc1ccc(C(F)(F)F)cc1)C(=O)Nc1ccc2c(c1)B(O)OC2. The molecule has 41 heavy (non-hydrogen) atoms. The predicted molar refractivity (Wildman–Crippen MR) is 146 cm³/mol. The van der Waals surface area contributed by atoms with Gasteiger partial charge in [-0.05, 0) is 53.7 Å². The van der Waals surface area contributed by atoms with Crippen LogP contribution in [-0.4, -0.2) is 73.0 Å². The van der Waals surface area contributed by atoms with E-state index in [2.05, 4.69) is 10.6 Å². The molecule has 2 atom stereocenters. The lowest BCUT2D eigenvalue weighted by Crippen LogP contribution is -2.52. The number of nitrogens with zero attached hydrogens (tertiary/aromatic N) is 1. The van der Waals surface area contributed by atoms with Crippen molar-refractivity contribution in [2.24, 2.45) is 17.2 Å². The van der Waals surface area contributed by atoms with Crippen LogP contribution in [-0.2, 0) is 38.2 Å². The summed E-state index contributed by atoms with van der Waals surface area (Å²) in [5.41, 5.74) is 18.4. The molecule has 1 aliphatic heterocycles. The van der Waals surface area contributed by atoms with E-state index in [1.54, 1.807) is 18.2 Å². The molecular formula is C26H34BF3N6O5. The third kappa shape index (κ3) is 9.00. The number of carbonyl (C=O) groups excluding carboxylic acids is 3. The van der Waals surface area contributed by atoms with Crippen molar-refractivity contribution in [2.75, 3.05) is 31.5 Å². The maximum Gasteiger partial charge on any atom is 0.491 e. The van der Waals surface area contributed by atoms with Gasteiger partial charge in [0.1, 0.15) is 6.04 Å². The molecule has 3 amide bonds. The van der Waals surface area contributed by atoms with Gasteiger partial charge in [-0.3, -0.25) is 14.4 Å². The fourth-order valence-corrected chi connectivity index (χ4v) is 4.32. The Balaban J connectivity index is 1.72. The van der Waals surface area contributed by atoms with Gasteiger partial charge in [0.05, 0.1) is 24.6 Å². The second kappa shape index (κ2) is 14.4. The number of benzene rings is 2. The summed E-state index contributed by atoms with van der Waals surface area (Å²) in [6, 6.07) is 6.90. The monoisotopic (exact) mass is 578 g/mol. The highest BCUT2D eigenvalue weighted by Crippen LogP contribution is 2.29. The number of nitrogens with two attached hydrogens (primary N) is 3. The molecule has 2 aromatic rings. The van der Waals surface area contributed by atoms with Gasteiger partial charge in [0, 0.05) is 31.9 Å². The largest absolute Gasteiger partial charge is 0.491 e. The van der Waals surface area contributed by atoms with E-state index in [9.17, 15) is 32.6 Å². The lowest BCUT2D eigenvalue weighted by molar-refractivity contribution is -0.137. The number of aryl methyl sites for hydroxylation is 1. The number of hydrogen-bond acceptors (Lipinski definition) is 8. The summed E-state index contributed by atoms with van der Waals surface area (Å²) in [6.07, 6.45) is -4.66. The number of alkyl halides is 3. The first-order valence-corrected chi connectivity index (χ1v) is 13.1. The third-order valence-electron chi connectivity index (χ3n) is 6.59. The highest BCUT2D eigenvalue weighted by atomic mass is 19.4.